The van der Waals surface area contributed by atoms with Crippen molar-refractivity contribution >= 4 is 22.2 Å². The molecule has 7 heteroatoms. The van der Waals surface area contributed by atoms with Crippen molar-refractivity contribution in [1.82, 2.24) is 24.4 Å². The van der Waals surface area contributed by atoms with Gasteiger partial charge < -0.3 is 11.5 Å². The third-order valence-corrected chi connectivity index (χ3v) is 6.04. The van der Waals surface area contributed by atoms with Gasteiger partial charge in [0.05, 0.1) is 12.1 Å². The second-order valence-corrected chi connectivity index (χ2v) is 8.33. The summed E-state index contributed by atoms with van der Waals surface area (Å²) in [6.07, 6.45) is 3.99. The van der Waals surface area contributed by atoms with Crippen LogP contribution < -0.4 is 11.5 Å². The molecule has 4 N–H and O–H groups in total. The van der Waals surface area contributed by atoms with Crippen LogP contribution in [0.25, 0.3) is 38.9 Å². The molecule has 34 heavy (non-hydrogen) atoms. The maximum Gasteiger partial charge on any atom is 0.182 e. The summed E-state index contributed by atoms with van der Waals surface area (Å²) >= 11 is 0. The molecule has 3 aromatic heterocycles. The maximum absolute atomic E-state index is 6.42. The summed E-state index contributed by atoms with van der Waals surface area (Å²) in [6.45, 7) is 1.23. The highest BCUT2D eigenvalue weighted by atomic mass is 15.3. The van der Waals surface area contributed by atoms with Crippen molar-refractivity contribution in [3.63, 3.8) is 0 Å². The Kier molecular flexibility index (Phi) is 4.82. The second kappa shape index (κ2) is 8.13. The number of benzene rings is 3. The van der Waals surface area contributed by atoms with E-state index in [0.717, 1.165) is 45.2 Å². The first-order valence-corrected chi connectivity index (χ1v) is 11.1. The number of nitrogens with two attached hydrogens (primary N) is 2. The molecule has 3 aromatic carbocycles. The molecule has 0 aliphatic rings. The Hall–Kier alpha value is -4.49. The molecule has 0 radical (unpaired) electrons. The minimum atomic E-state index is 0.433. The molecule has 0 aliphatic carbocycles. The second-order valence-electron chi connectivity index (χ2n) is 8.33. The van der Waals surface area contributed by atoms with Gasteiger partial charge in [-0.3, -0.25) is 4.68 Å². The molecule has 0 fully saturated rings. The summed E-state index contributed by atoms with van der Waals surface area (Å²) < 4.78 is 3.77. The minimum Gasteiger partial charge on any atom is -0.382 e. The van der Waals surface area contributed by atoms with Gasteiger partial charge in [0.2, 0.25) is 0 Å². The predicted molar refractivity (Wildman–Crippen MR) is 135 cm³/mol. The Morgan fingerprint density at radius 2 is 1.59 bits per heavy atom. The molecular weight excluding hydrogens is 422 g/mol. The van der Waals surface area contributed by atoms with E-state index >= 15 is 0 Å². The average molecular weight is 446 g/mol. The van der Waals surface area contributed by atoms with E-state index in [0.29, 0.717) is 18.2 Å². The quantitative estimate of drug-likeness (QED) is 0.407. The van der Waals surface area contributed by atoms with Crippen LogP contribution >= 0.6 is 0 Å². The van der Waals surface area contributed by atoms with E-state index in [1.807, 2.05) is 59.4 Å². The lowest BCUT2D eigenvalue weighted by Gasteiger charge is -2.07. The van der Waals surface area contributed by atoms with E-state index in [9.17, 15) is 0 Å². The van der Waals surface area contributed by atoms with Crippen molar-refractivity contribution in [2.75, 3.05) is 5.73 Å². The molecule has 166 valence electrons. The minimum absolute atomic E-state index is 0.433. The molecule has 0 saturated heterocycles. The van der Waals surface area contributed by atoms with Crippen LogP contribution in [0.15, 0.2) is 91.3 Å². The summed E-state index contributed by atoms with van der Waals surface area (Å²) in [4.78, 5) is 4.59. The van der Waals surface area contributed by atoms with Crippen molar-refractivity contribution in [3.8, 4) is 22.5 Å². The molecule has 3 heterocycles. The van der Waals surface area contributed by atoms with Crippen molar-refractivity contribution in [2.24, 2.45) is 5.73 Å². The summed E-state index contributed by atoms with van der Waals surface area (Å²) in [7, 11) is 0. The summed E-state index contributed by atoms with van der Waals surface area (Å²) in [5, 5.41) is 10.6. The van der Waals surface area contributed by atoms with Crippen LogP contribution in [-0.2, 0) is 13.1 Å². The van der Waals surface area contributed by atoms with Crippen molar-refractivity contribution in [1.29, 1.82) is 0 Å². The number of aromatic nitrogens is 5. The number of hydrogen-bond donors (Lipinski definition) is 2. The Balaban J connectivity index is 1.36. The third-order valence-electron chi connectivity index (χ3n) is 6.04. The van der Waals surface area contributed by atoms with Gasteiger partial charge in [-0.05, 0) is 28.8 Å². The first-order valence-electron chi connectivity index (χ1n) is 11.1. The number of hydrogen-bond acceptors (Lipinski definition) is 5. The molecule has 7 nitrogen and oxygen atoms in total. The topological polar surface area (TPSA) is 100 Å². The number of anilines is 1. The first kappa shape index (κ1) is 20.1. The van der Waals surface area contributed by atoms with Gasteiger partial charge >= 0.3 is 0 Å². The zero-order chi connectivity index (χ0) is 23.1. The molecule has 0 unspecified atom stereocenters. The lowest BCUT2D eigenvalue weighted by molar-refractivity contribution is 0.696. The van der Waals surface area contributed by atoms with Crippen LogP contribution in [-0.4, -0.2) is 24.4 Å². The lowest BCUT2D eigenvalue weighted by atomic mass is 10.1. The zero-order valence-corrected chi connectivity index (χ0v) is 18.5. The fourth-order valence-electron chi connectivity index (χ4n) is 4.28. The summed E-state index contributed by atoms with van der Waals surface area (Å²) in [5.74, 6) is 1.01. The monoisotopic (exact) mass is 445 g/mol. The largest absolute Gasteiger partial charge is 0.382 e. The van der Waals surface area contributed by atoms with Crippen LogP contribution in [0.1, 0.15) is 11.1 Å². The SMILES string of the molecule is NCc1ccc(-c2nc(N)c3c(-c4ccc5cn(Cc6ccccc6)nc5c4)ccn3n2)cc1. The van der Waals surface area contributed by atoms with Crippen molar-refractivity contribution < 1.29 is 0 Å². The van der Waals surface area contributed by atoms with Crippen LogP contribution in [0.3, 0.4) is 0 Å². The first-order chi connectivity index (χ1) is 16.7. The van der Waals surface area contributed by atoms with E-state index in [-0.39, 0.29) is 0 Å². The van der Waals surface area contributed by atoms with Gasteiger partial charge in [0.15, 0.2) is 11.6 Å². The molecule has 0 bridgehead atoms. The van der Waals surface area contributed by atoms with Crippen molar-refractivity contribution in [3.05, 3.63) is 102 Å². The van der Waals surface area contributed by atoms with E-state index in [4.69, 9.17) is 21.7 Å². The van der Waals surface area contributed by atoms with Gasteiger partial charge in [-0.25, -0.2) is 9.50 Å². The smallest absolute Gasteiger partial charge is 0.182 e. The van der Waals surface area contributed by atoms with Gasteiger partial charge in [0.25, 0.3) is 0 Å². The molecule has 0 aliphatic heterocycles. The molecule has 0 spiro atoms. The van der Waals surface area contributed by atoms with E-state index < -0.39 is 0 Å². The number of rotatable bonds is 5. The highest BCUT2D eigenvalue weighted by Crippen LogP contribution is 2.31. The predicted octanol–water partition coefficient (Wildman–Crippen LogP) is 4.50. The van der Waals surface area contributed by atoms with E-state index in [2.05, 4.69) is 41.5 Å². The van der Waals surface area contributed by atoms with Crippen LogP contribution in [0.5, 0.6) is 0 Å². The Morgan fingerprint density at radius 3 is 2.38 bits per heavy atom. The molecule has 6 aromatic rings. The Morgan fingerprint density at radius 1 is 0.794 bits per heavy atom. The van der Waals surface area contributed by atoms with Crippen molar-refractivity contribution in [2.45, 2.75) is 13.1 Å². The summed E-state index contributed by atoms with van der Waals surface area (Å²) in [5.41, 5.74) is 19.0. The fourth-order valence-corrected chi connectivity index (χ4v) is 4.28. The standard InChI is InChI=1S/C27H23N7/c28-15-18-6-8-20(9-7-18)27-30-26(29)25-23(12-13-34(25)32-27)21-10-11-22-17-33(31-24(22)14-21)16-19-4-2-1-3-5-19/h1-14,17H,15-16,28H2,(H2,29,30,32). The molecule has 0 saturated carbocycles. The maximum atomic E-state index is 6.42. The van der Waals surface area contributed by atoms with Gasteiger partial charge in [-0.15, -0.1) is 5.10 Å². The Labute approximate surface area is 196 Å². The molecule has 0 amide bonds. The highest BCUT2D eigenvalue weighted by molar-refractivity contribution is 5.92. The van der Waals surface area contributed by atoms with Crippen LogP contribution in [0, 0.1) is 0 Å². The normalized spacial score (nSPS) is 11.4. The fraction of sp³-hybridized carbons (Fsp3) is 0.0741. The van der Waals surface area contributed by atoms with E-state index in [1.54, 1.807) is 4.52 Å². The van der Waals surface area contributed by atoms with E-state index in [1.165, 1.54) is 5.56 Å². The number of fused-ring (bicyclic) bond motifs is 2. The average Bonchev–Trinajstić information content (AvgIpc) is 3.48. The Bertz CT molecular complexity index is 1610. The van der Waals surface area contributed by atoms with Gasteiger partial charge in [-0.1, -0.05) is 66.7 Å². The molecular formula is C27H23N7. The van der Waals surface area contributed by atoms with Crippen LogP contribution in [0.4, 0.5) is 5.82 Å². The van der Waals surface area contributed by atoms with Gasteiger partial charge in [0.1, 0.15) is 5.52 Å². The third kappa shape index (κ3) is 3.58. The zero-order valence-electron chi connectivity index (χ0n) is 18.5. The van der Waals surface area contributed by atoms with Gasteiger partial charge in [0, 0.05) is 35.5 Å². The molecule has 6 rings (SSSR count). The van der Waals surface area contributed by atoms with Gasteiger partial charge in [-0.2, -0.15) is 5.10 Å². The lowest BCUT2D eigenvalue weighted by Crippen LogP contribution is -2.03. The number of nitrogen functional groups attached to an aromatic ring is 1. The number of nitrogens with zero attached hydrogens (tertiary/aromatic N) is 5. The summed E-state index contributed by atoms with van der Waals surface area (Å²) in [6, 6.07) is 26.5. The molecule has 0 atom stereocenters. The highest BCUT2D eigenvalue weighted by Gasteiger charge is 2.14. The van der Waals surface area contributed by atoms with Crippen LogP contribution in [0.2, 0.25) is 0 Å².